The van der Waals surface area contributed by atoms with Crippen molar-refractivity contribution in [2.24, 2.45) is 17.8 Å². The summed E-state index contributed by atoms with van der Waals surface area (Å²) in [7, 11) is 2.30. The van der Waals surface area contributed by atoms with Gasteiger partial charge in [0, 0.05) is 13.8 Å². The van der Waals surface area contributed by atoms with Crippen LogP contribution in [0.1, 0.15) is 27.7 Å². The molecule has 4 unspecified atom stereocenters. The maximum absolute atomic E-state index is 5.87. The van der Waals surface area contributed by atoms with Crippen molar-refractivity contribution >= 4 is 16.8 Å². The van der Waals surface area contributed by atoms with Gasteiger partial charge in [0.2, 0.25) is 0 Å². The molecule has 84 valence electrons. The van der Waals surface area contributed by atoms with Gasteiger partial charge in [0.05, 0.1) is 6.10 Å². The minimum Gasteiger partial charge on any atom is -0.349 e. The molecule has 0 saturated carbocycles. The first-order valence-corrected chi connectivity index (χ1v) is 8.56. The lowest BCUT2D eigenvalue weighted by atomic mass is 9.79. The number of hydrogen-bond acceptors (Lipinski definition) is 2. The van der Waals surface area contributed by atoms with Crippen LogP contribution in [0.5, 0.6) is 0 Å². The van der Waals surface area contributed by atoms with Crippen molar-refractivity contribution in [2.45, 2.75) is 40.1 Å². The van der Waals surface area contributed by atoms with E-state index in [2.05, 4.69) is 43.3 Å². The Labute approximate surface area is 91.1 Å². The highest BCUT2D eigenvalue weighted by atomic mass is 32.0. The quantitative estimate of drug-likeness (QED) is 0.683. The molecular weight excluding hydrogens is 214 g/mol. The largest absolute Gasteiger partial charge is 0.349 e. The standard InChI is InChI=1S/C10H22O2P2/c1-6-7(2)9(4)11-10(8(6)3)12-14(5)13/h6-10H,13H2,1-5H3/t6-,7+,8?,9?,10+,14?/m0/s1. The van der Waals surface area contributed by atoms with Gasteiger partial charge < -0.3 is 9.26 Å². The number of rotatable bonds is 2. The predicted octanol–water partition coefficient (Wildman–Crippen LogP) is 3.47. The first kappa shape index (κ1) is 12.8. The fourth-order valence-electron chi connectivity index (χ4n) is 1.90. The first-order valence-electron chi connectivity index (χ1n) is 5.24. The topological polar surface area (TPSA) is 18.5 Å². The van der Waals surface area contributed by atoms with Crippen molar-refractivity contribution in [3.63, 3.8) is 0 Å². The van der Waals surface area contributed by atoms with Gasteiger partial charge in [-0.05, 0) is 25.4 Å². The molecule has 0 radical (unpaired) electrons. The Bertz CT molecular complexity index is 187. The molecule has 4 heteroatoms. The Morgan fingerprint density at radius 1 is 1.07 bits per heavy atom. The molecule has 0 amide bonds. The summed E-state index contributed by atoms with van der Waals surface area (Å²) >= 11 is 0. The second-order valence-electron chi connectivity index (χ2n) is 4.44. The van der Waals surface area contributed by atoms with E-state index in [9.17, 15) is 0 Å². The molecule has 1 fully saturated rings. The van der Waals surface area contributed by atoms with E-state index in [-0.39, 0.29) is 6.29 Å². The van der Waals surface area contributed by atoms with Crippen LogP contribution < -0.4 is 0 Å². The highest BCUT2D eigenvalue weighted by Gasteiger charge is 2.37. The van der Waals surface area contributed by atoms with Crippen LogP contribution in [-0.2, 0) is 9.26 Å². The molecule has 1 heterocycles. The fourth-order valence-corrected chi connectivity index (χ4v) is 2.83. The summed E-state index contributed by atoms with van der Waals surface area (Å²) in [5.41, 5.74) is 0. The third-order valence-electron chi connectivity index (χ3n) is 3.45. The zero-order valence-corrected chi connectivity index (χ0v) is 11.8. The number of hydrogen-bond donors (Lipinski definition) is 0. The second kappa shape index (κ2) is 5.21. The minimum atomic E-state index is -0.411. The molecule has 0 aromatic heterocycles. The molecule has 1 aliphatic rings. The Balaban J connectivity index is 2.60. The van der Waals surface area contributed by atoms with Gasteiger partial charge in [-0.25, -0.2) is 0 Å². The molecule has 2 nitrogen and oxygen atoms in total. The molecule has 1 aliphatic heterocycles. The zero-order valence-electron chi connectivity index (χ0n) is 9.73. The van der Waals surface area contributed by atoms with E-state index < -0.39 is 7.84 Å². The summed E-state index contributed by atoms with van der Waals surface area (Å²) in [5.74, 6) is 1.79. The van der Waals surface area contributed by atoms with Gasteiger partial charge in [-0.2, -0.15) is 0 Å². The molecule has 0 bridgehead atoms. The maximum atomic E-state index is 5.87. The Morgan fingerprint density at radius 3 is 2.14 bits per heavy atom. The lowest BCUT2D eigenvalue weighted by molar-refractivity contribution is -0.202. The van der Waals surface area contributed by atoms with Crippen LogP contribution in [0.4, 0.5) is 0 Å². The SMILES string of the molecule is CC1[C@@H](OP(C)P)OC(C)[C@H](C)[C@@H]1C. The second-order valence-corrected chi connectivity index (χ2v) is 7.92. The van der Waals surface area contributed by atoms with Crippen molar-refractivity contribution in [3.05, 3.63) is 0 Å². The van der Waals surface area contributed by atoms with Gasteiger partial charge in [-0.3, -0.25) is 0 Å². The summed E-state index contributed by atoms with van der Waals surface area (Å²) in [4.78, 5) is 0. The Kier molecular flexibility index (Phi) is 4.78. The van der Waals surface area contributed by atoms with E-state index in [0.29, 0.717) is 23.9 Å². The van der Waals surface area contributed by atoms with Gasteiger partial charge >= 0.3 is 0 Å². The van der Waals surface area contributed by atoms with Crippen molar-refractivity contribution in [1.29, 1.82) is 0 Å². The Morgan fingerprint density at radius 2 is 1.64 bits per heavy atom. The van der Waals surface area contributed by atoms with Crippen LogP contribution in [-0.4, -0.2) is 19.1 Å². The summed E-state index contributed by atoms with van der Waals surface area (Å²) in [6.45, 7) is 11.0. The molecule has 7 atom stereocenters. The molecule has 0 aromatic rings. The summed E-state index contributed by atoms with van der Waals surface area (Å²) in [6.07, 6.45) is 0.302. The summed E-state index contributed by atoms with van der Waals surface area (Å²) in [6, 6.07) is 0. The van der Waals surface area contributed by atoms with Crippen LogP contribution in [0.15, 0.2) is 0 Å². The Hall–Kier alpha value is 0.780. The van der Waals surface area contributed by atoms with E-state index >= 15 is 0 Å². The van der Waals surface area contributed by atoms with Crippen LogP contribution in [0.3, 0.4) is 0 Å². The van der Waals surface area contributed by atoms with Gasteiger partial charge in [0.25, 0.3) is 0 Å². The first-order chi connectivity index (χ1) is 6.43. The molecule has 14 heavy (non-hydrogen) atoms. The van der Waals surface area contributed by atoms with Gasteiger partial charge in [-0.15, -0.1) is 0 Å². The lowest BCUT2D eigenvalue weighted by Crippen LogP contribution is -2.43. The van der Waals surface area contributed by atoms with Crippen molar-refractivity contribution in [2.75, 3.05) is 6.66 Å². The van der Waals surface area contributed by atoms with Crippen molar-refractivity contribution < 1.29 is 9.26 Å². The third-order valence-corrected chi connectivity index (χ3v) is 4.35. The van der Waals surface area contributed by atoms with Crippen LogP contribution in [0.2, 0.25) is 0 Å². The summed E-state index contributed by atoms with van der Waals surface area (Å²) < 4.78 is 11.7. The highest BCUT2D eigenvalue weighted by molar-refractivity contribution is 8.10. The molecule has 0 spiro atoms. The van der Waals surface area contributed by atoms with Crippen LogP contribution >= 0.6 is 16.8 Å². The third kappa shape index (κ3) is 2.89. The minimum absolute atomic E-state index is 0.00943. The molecular formula is C10H22O2P2. The van der Waals surface area contributed by atoms with Crippen LogP contribution in [0.25, 0.3) is 0 Å². The highest BCUT2D eigenvalue weighted by Crippen LogP contribution is 2.47. The van der Waals surface area contributed by atoms with E-state index in [1.54, 1.807) is 0 Å². The van der Waals surface area contributed by atoms with Crippen molar-refractivity contribution in [3.8, 4) is 0 Å². The van der Waals surface area contributed by atoms with Gasteiger partial charge in [0.15, 0.2) is 6.29 Å². The molecule has 1 rings (SSSR count). The monoisotopic (exact) mass is 236 g/mol. The maximum Gasteiger partial charge on any atom is 0.164 e. The number of ether oxygens (including phenoxy) is 1. The van der Waals surface area contributed by atoms with Gasteiger partial charge in [-0.1, -0.05) is 29.7 Å². The smallest absolute Gasteiger partial charge is 0.164 e. The average Bonchev–Trinajstić information content (AvgIpc) is 2.10. The predicted molar refractivity (Wildman–Crippen MR) is 65.5 cm³/mol. The average molecular weight is 236 g/mol. The van der Waals surface area contributed by atoms with E-state index in [4.69, 9.17) is 9.26 Å². The zero-order chi connectivity index (χ0) is 10.9. The van der Waals surface area contributed by atoms with E-state index in [1.807, 2.05) is 0 Å². The van der Waals surface area contributed by atoms with Gasteiger partial charge in [0.1, 0.15) is 0 Å². The van der Waals surface area contributed by atoms with Crippen LogP contribution in [0, 0.1) is 17.8 Å². The molecule has 0 N–H and O–H groups in total. The van der Waals surface area contributed by atoms with E-state index in [1.165, 1.54) is 0 Å². The molecule has 0 aromatic carbocycles. The molecule has 0 aliphatic carbocycles. The van der Waals surface area contributed by atoms with E-state index in [0.717, 1.165) is 0 Å². The molecule has 1 saturated heterocycles. The fraction of sp³-hybridized carbons (Fsp3) is 1.00. The lowest BCUT2D eigenvalue weighted by Gasteiger charge is -2.42. The van der Waals surface area contributed by atoms with Crippen molar-refractivity contribution in [1.82, 2.24) is 0 Å². The normalized spacial score (nSPS) is 46.3. The summed E-state index contributed by atoms with van der Waals surface area (Å²) in [5, 5.41) is 0.